The highest BCUT2D eigenvalue weighted by Gasteiger charge is 1.96. The molecule has 48 valence electrons. The predicted molar refractivity (Wildman–Crippen MR) is 40.9 cm³/mol. The second-order valence-electron chi connectivity index (χ2n) is 1.53. The third-order valence-electron chi connectivity index (χ3n) is 0.739. The van der Waals surface area contributed by atoms with Crippen molar-refractivity contribution < 1.29 is 4.79 Å². The molecule has 0 N–H and O–H groups in total. The summed E-state index contributed by atoms with van der Waals surface area (Å²) >= 11 is 2.88. The summed E-state index contributed by atoms with van der Waals surface area (Å²) in [6.45, 7) is 1.57. The van der Waals surface area contributed by atoms with Gasteiger partial charge in [0.2, 0.25) is 0 Å². The van der Waals surface area contributed by atoms with Gasteiger partial charge in [0.1, 0.15) is 0 Å². The van der Waals surface area contributed by atoms with Crippen molar-refractivity contribution in [2.24, 2.45) is 0 Å². The molecule has 0 bridgehead atoms. The SMILES string of the molecule is CC(=O)Sc1cccs1. The second kappa shape index (κ2) is 3.03. The number of carbonyl (C=O) groups is 1. The first-order chi connectivity index (χ1) is 4.29. The van der Waals surface area contributed by atoms with Crippen LogP contribution in [0.3, 0.4) is 0 Å². The minimum absolute atomic E-state index is 0.150. The average Bonchev–Trinajstić information content (AvgIpc) is 2.15. The Morgan fingerprint density at radius 2 is 2.56 bits per heavy atom. The molecule has 0 saturated carbocycles. The third-order valence-corrected chi connectivity index (χ3v) is 2.56. The highest BCUT2D eigenvalue weighted by atomic mass is 32.2. The largest absolute Gasteiger partial charge is 0.287 e. The predicted octanol–water partition coefficient (Wildman–Crippen LogP) is 2.39. The molecule has 1 rings (SSSR count). The van der Waals surface area contributed by atoms with Crippen molar-refractivity contribution in [1.82, 2.24) is 0 Å². The van der Waals surface area contributed by atoms with Gasteiger partial charge in [-0.05, 0) is 23.2 Å². The molecule has 0 aliphatic rings. The van der Waals surface area contributed by atoms with Crippen molar-refractivity contribution in [2.45, 2.75) is 11.1 Å². The molecule has 0 radical (unpaired) electrons. The summed E-state index contributed by atoms with van der Waals surface area (Å²) in [7, 11) is 0. The maximum Gasteiger partial charge on any atom is 0.191 e. The van der Waals surface area contributed by atoms with E-state index in [0.29, 0.717) is 0 Å². The van der Waals surface area contributed by atoms with Gasteiger partial charge in [-0.1, -0.05) is 6.07 Å². The molecule has 1 heterocycles. The Morgan fingerprint density at radius 3 is 3.00 bits per heavy atom. The Morgan fingerprint density at radius 1 is 1.78 bits per heavy atom. The van der Waals surface area contributed by atoms with Gasteiger partial charge < -0.3 is 0 Å². The van der Waals surface area contributed by atoms with Crippen molar-refractivity contribution in [2.75, 3.05) is 0 Å². The fourth-order valence-corrected chi connectivity index (χ4v) is 2.05. The molecule has 0 aliphatic carbocycles. The van der Waals surface area contributed by atoms with Crippen molar-refractivity contribution in [3.05, 3.63) is 17.5 Å². The molecule has 0 aromatic carbocycles. The lowest BCUT2D eigenvalue weighted by Gasteiger charge is -1.85. The molecule has 3 heteroatoms. The first kappa shape index (κ1) is 6.83. The second-order valence-corrected chi connectivity index (χ2v) is 3.95. The zero-order valence-electron chi connectivity index (χ0n) is 4.96. The molecule has 0 fully saturated rings. The smallest absolute Gasteiger partial charge is 0.191 e. The fraction of sp³-hybridized carbons (Fsp3) is 0.167. The first-order valence-corrected chi connectivity index (χ1v) is 4.20. The molecule has 0 atom stereocenters. The van der Waals surface area contributed by atoms with Crippen LogP contribution >= 0.6 is 23.1 Å². The van der Waals surface area contributed by atoms with E-state index < -0.39 is 0 Å². The lowest BCUT2D eigenvalue weighted by atomic mass is 10.7. The van der Waals surface area contributed by atoms with Crippen molar-refractivity contribution in [3.8, 4) is 0 Å². The van der Waals surface area contributed by atoms with E-state index >= 15 is 0 Å². The lowest BCUT2D eigenvalue weighted by molar-refractivity contribution is -0.109. The molecule has 0 aliphatic heterocycles. The zero-order chi connectivity index (χ0) is 6.69. The highest BCUT2D eigenvalue weighted by Crippen LogP contribution is 2.23. The van der Waals surface area contributed by atoms with Gasteiger partial charge in [-0.2, -0.15) is 0 Å². The number of rotatable bonds is 1. The van der Waals surface area contributed by atoms with Crippen LogP contribution in [0.25, 0.3) is 0 Å². The molecule has 0 saturated heterocycles. The standard InChI is InChI=1S/C6H6OS2/c1-5(7)9-6-3-2-4-8-6/h2-4H,1H3. The van der Waals surface area contributed by atoms with Crippen LogP contribution in [0.15, 0.2) is 21.7 Å². The van der Waals surface area contributed by atoms with Crippen LogP contribution in [0.4, 0.5) is 0 Å². The number of hydrogen-bond donors (Lipinski definition) is 0. The summed E-state index contributed by atoms with van der Waals surface area (Å²) in [4.78, 5) is 10.5. The summed E-state index contributed by atoms with van der Waals surface area (Å²) in [5, 5.41) is 2.11. The van der Waals surface area contributed by atoms with Crippen molar-refractivity contribution in [3.63, 3.8) is 0 Å². The molecule has 1 aromatic heterocycles. The van der Waals surface area contributed by atoms with Crippen LogP contribution in [0.5, 0.6) is 0 Å². The maximum atomic E-state index is 10.5. The number of carbonyl (C=O) groups excluding carboxylic acids is 1. The minimum atomic E-state index is 0.150. The Balaban J connectivity index is 2.58. The lowest BCUT2D eigenvalue weighted by Crippen LogP contribution is -1.75. The van der Waals surface area contributed by atoms with Crippen LogP contribution in [-0.4, -0.2) is 5.12 Å². The van der Waals surface area contributed by atoms with Crippen LogP contribution in [0.2, 0.25) is 0 Å². The van der Waals surface area contributed by atoms with Gasteiger partial charge in [-0.3, -0.25) is 4.79 Å². The van der Waals surface area contributed by atoms with E-state index in [0.717, 1.165) is 4.21 Å². The molecule has 0 spiro atoms. The van der Waals surface area contributed by atoms with Crippen molar-refractivity contribution >= 4 is 28.2 Å². The van der Waals surface area contributed by atoms with E-state index in [9.17, 15) is 4.79 Å². The maximum absolute atomic E-state index is 10.5. The fourth-order valence-electron chi connectivity index (χ4n) is 0.463. The first-order valence-electron chi connectivity index (χ1n) is 2.51. The molecular weight excluding hydrogens is 152 g/mol. The topological polar surface area (TPSA) is 17.1 Å². The van der Waals surface area contributed by atoms with Crippen LogP contribution in [0.1, 0.15) is 6.92 Å². The molecule has 9 heavy (non-hydrogen) atoms. The summed E-state index contributed by atoms with van der Waals surface area (Å²) in [5.41, 5.74) is 0. The van der Waals surface area contributed by atoms with Gasteiger partial charge in [-0.25, -0.2) is 0 Å². The average molecular weight is 158 g/mol. The Kier molecular flexibility index (Phi) is 2.30. The van der Waals surface area contributed by atoms with Gasteiger partial charge in [0.15, 0.2) is 5.12 Å². The van der Waals surface area contributed by atoms with Crippen LogP contribution < -0.4 is 0 Å². The van der Waals surface area contributed by atoms with Gasteiger partial charge >= 0.3 is 0 Å². The summed E-state index contributed by atoms with van der Waals surface area (Å²) in [5.74, 6) is 0. The summed E-state index contributed by atoms with van der Waals surface area (Å²) < 4.78 is 1.07. The number of thioether (sulfide) groups is 1. The molecule has 1 aromatic rings. The normalized spacial score (nSPS) is 9.44. The molecular formula is C6H6OS2. The van der Waals surface area contributed by atoms with E-state index in [-0.39, 0.29) is 5.12 Å². The molecule has 0 amide bonds. The summed E-state index contributed by atoms with van der Waals surface area (Å²) in [6, 6.07) is 3.88. The van der Waals surface area contributed by atoms with Crippen molar-refractivity contribution in [1.29, 1.82) is 0 Å². The van der Waals surface area contributed by atoms with Gasteiger partial charge in [0, 0.05) is 6.92 Å². The Hall–Kier alpha value is -0.280. The third kappa shape index (κ3) is 2.20. The number of hydrogen-bond acceptors (Lipinski definition) is 3. The molecule has 1 nitrogen and oxygen atoms in total. The number of thiophene rings is 1. The van der Waals surface area contributed by atoms with Gasteiger partial charge in [0.05, 0.1) is 4.21 Å². The van der Waals surface area contributed by atoms with E-state index in [4.69, 9.17) is 0 Å². The molecule has 0 unspecified atom stereocenters. The highest BCUT2D eigenvalue weighted by molar-refractivity contribution is 8.14. The Bertz CT molecular complexity index is 191. The van der Waals surface area contributed by atoms with Crippen LogP contribution in [0, 0.1) is 0 Å². The van der Waals surface area contributed by atoms with Crippen LogP contribution in [-0.2, 0) is 4.79 Å². The van der Waals surface area contributed by atoms with E-state index in [1.165, 1.54) is 11.8 Å². The van der Waals surface area contributed by atoms with Gasteiger partial charge in [0.25, 0.3) is 0 Å². The zero-order valence-corrected chi connectivity index (χ0v) is 6.59. The van der Waals surface area contributed by atoms with E-state index in [1.54, 1.807) is 18.3 Å². The monoisotopic (exact) mass is 158 g/mol. The van der Waals surface area contributed by atoms with Gasteiger partial charge in [-0.15, -0.1) is 11.3 Å². The van der Waals surface area contributed by atoms with E-state index in [2.05, 4.69) is 0 Å². The minimum Gasteiger partial charge on any atom is -0.287 e. The Labute approximate surface area is 62.1 Å². The van der Waals surface area contributed by atoms with E-state index in [1.807, 2.05) is 17.5 Å². The summed E-state index contributed by atoms with van der Waals surface area (Å²) in [6.07, 6.45) is 0. The quantitative estimate of drug-likeness (QED) is 0.584.